The van der Waals surface area contributed by atoms with Crippen LogP contribution in [-0.4, -0.2) is 27.2 Å². The van der Waals surface area contributed by atoms with E-state index in [-0.39, 0.29) is 5.82 Å². The van der Waals surface area contributed by atoms with Crippen LogP contribution in [0.5, 0.6) is 0 Å². The number of alkyl halides is 3. The molecule has 10 heteroatoms. The zero-order valence-electron chi connectivity index (χ0n) is 15.2. The molecule has 3 rings (SSSR count). The van der Waals surface area contributed by atoms with Crippen LogP contribution in [0.15, 0.2) is 54.9 Å². The number of aliphatic carboxylic acids is 1. The van der Waals surface area contributed by atoms with Gasteiger partial charge in [0, 0.05) is 30.1 Å². The highest BCUT2D eigenvalue weighted by atomic mass is 19.4. The van der Waals surface area contributed by atoms with Crippen LogP contribution in [0.1, 0.15) is 11.1 Å². The number of rotatable bonds is 3. The molecular weight excluding hydrogens is 404 g/mol. The third-order valence-electron chi connectivity index (χ3n) is 3.75. The lowest BCUT2D eigenvalue weighted by molar-refractivity contribution is -0.192. The summed E-state index contributed by atoms with van der Waals surface area (Å²) in [6, 6.07) is 13.4. The minimum atomic E-state index is -5.08. The molecule has 0 saturated carbocycles. The molecule has 0 saturated heterocycles. The standard InChI is InChI=1S/C18H13FN4.C2HF3O2/c19-15-3-1-13(2-4-15)17-8-16(14(10-21)11-23-17)18-7-12(9-20)5-6-22-18;3-2(4,5)1(6)7/h1-8,11H,10,21H2;(H,6,7). The van der Waals surface area contributed by atoms with Gasteiger partial charge in [0.1, 0.15) is 5.82 Å². The molecule has 0 unspecified atom stereocenters. The van der Waals surface area contributed by atoms with Crippen LogP contribution in [-0.2, 0) is 11.3 Å². The van der Waals surface area contributed by atoms with Crippen molar-refractivity contribution < 1.29 is 27.5 Å². The van der Waals surface area contributed by atoms with E-state index in [1.165, 1.54) is 12.1 Å². The summed E-state index contributed by atoms with van der Waals surface area (Å²) in [7, 11) is 0. The number of hydrogen-bond donors (Lipinski definition) is 2. The van der Waals surface area contributed by atoms with E-state index in [4.69, 9.17) is 20.9 Å². The first kappa shape index (κ1) is 22.4. The molecule has 0 aliphatic carbocycles. The summed E-state index contributed by atoms with van der Waals surface area (Å²) in [6.45, 7) is 0.310. The summed E-state index contributed by atoms with van der Waals surface area (Å²) in [4.78, 5) is 17.6. The van der Waals surface area contributed by atoms with Gasteiger partial charge in [-0.25, -0.2) is 9.18 Å². The molecular formula is C20H14F4N4O2. The van der Waals surface area contributed by atoms with Crippen molar-refractivity contribution in [3.05, 3.63) is 71.8 Å². The van der Waals surface area contributed by atoms with Gasteiger partial charge in [-0.2, -0.15) is 18.4 Å². The van der Waals surface area contributed by atoms with Gasteiger partial charge in [-0.1, -0.05) is 0 Å². The van der Waals surface area contributed by atoms with Gasteiger partial charge >= 0.3 is 12.1 Å². The van der Waals surface area contributed by atoms with Crippen LogP contribution in [0.2, 0.25) is 0 Å². The summed E-state index contributed by atoms with van der Waals surface area (Å²) in [6.07, 6.45) is -1.80. The first-order valence-corrected chi connectivity index (χ1v) is 8.27. The van der Waals surface area contributed by atoms with Crippen molar-refractivity contribution in [2.75, 3.05) is 0 Å². The molecule has 0 spiro atoms. The zero-order chi connectivity index (χ0) is 22.3. The third-order valence-corrected chi connectivity index (χ3v) is 3.75. The predicted octanol–water partition coefficient (Wildman–Crippen LogP) is 3.91. The fraction of sp³-hybridized carbons (Fsp3) is 0.100. The molecule has 0 aliphatic heterocycles. The summed E-state index contributed by atoms with van der Waals surface area (Å²) < 4.78 is 44.8. The van der Waals surface area contributed by atoms with Gasteiger partial charge < -0.3 is 10.8 Å². The number of carboxylic acids is 1. The van der Waals surface area contributed by atoms with Crippen molar-refractivity contribution in [2.24, 2.45) is 5.73 Å². The number of halogens is 4. The van der Waals surface area contributed by atoms with Gasteiger partial charge in [-0.15, -0.1) is 0 Å². The summed E-state index contributed by atoms with van der Waals surface area (Å²) in [5.41, 5.74) is 10.1. The highest BCUT2D eigenvalue weighted by Gasteiger charge is 2.38. The molecule has 0 bridgehead atoms. The maximum absolute atomic E-state index is 13.1. The molecule has 30 heavy (non-hydrogen) atoms. The Morgan fingerprint density at radius 1 is 1.10 bits per heavy atom. The van der Waals surface area contributed by atoms with Crippen molar-refractivity contribution >= 4 is 5.97 Å². The minimum absolute atomic E-state index is 0.295. The number of benzene rings is 1. The third kappa shape index (κ3) is 5.83. The Bertz CT molecular complexity index is 1080. The Hall–Kier alpha value is -3.84. The molecule has 0 fully saturated rings. The topological polar surface area (TPSA) is 113 Å². The molecule has 0 amide bonds. The van der Waals surface area contributed by atoms with Crippen LogP contribution >= 0.6 is 0 Å². The zero-order valence-corrected chi connectivity index (χ0v) is 15.2. The van der Waals surface area contributed by atoms with E-state index in [0.29, 0.717) is 23.5 Å². The predicted molar refractivity (Wildman–Crippen MR) is 99.2 cm³/mol. The van der Waals surface area contributed by atoms with Crippen LogP contribution in [0, 0.1) is 17.1 Å². The Morgan fingerprint density at radius 3 is 2.27 bits per heavy atom. The summed E-state index contributed by atoms with van der Waals surface area (Å²) in [5.74, 6) is -3.05. The molecule has 1 aromatic carbocycles. The smallest absolute Gasteiger partial charge is 0.475 e. The van der Waals surface area contributed by atoms with E-state index in [2.05, 4.69) is 16.0 Å². The monoisotopic (exact) mass is 418 g/mol. The highest BCUT2D eigenvalue weighted by Crippen LogP contribution is 2.27. The number of nitrogens with zero attached hydrogens (tertiary/aromatic N) is 3. The Labute approximate surface area is 168 Å². The molecule has 3 aromatic rings. The average molecular weight is 418 g/mol. The molecule has 0 atom stereocenters. The van der Waals surface area contributed by atoms with Crippen molar-refractivity contribution in [3.63, 3.8) is 0 Å². The summed E-state index contributed by atoms with van der Waals surface area (Å²) >= 11 is 0. The number of nitrogens with two attached hydrogens (primary N) is 1. The lowest BCUT2D eigenvalue weighted by atomic mass is 10.0. The molecule has 6 nitrogen and oxygen atoms in total. The number of aromatic nitrogens is 2. The molecule has 2 heterocycles. The van der Waals surface area contributed by atoms with E-state index in [9.17, 15) is 17.6 Å². The van der Waals surface area contributed by atoms with E-state index in [1.807, 2.05) is 6.07 Å². The molecule has 3 N–H and O–H groups in total. The Kier molecular flexibility index (Phi) is 7.17. The number of carboxylic acid groups (broad SMARTS) is 1. The van der Waals surface area contributed by atoms with E-state index in [0.717, 1.165) is 16.7 Å². The van der Waals surface area contributed by atoms with Crippen LogP contribution in [0.4, 0.5) is 17.6 Å². The highest BCUT2D eigenvalue weighted by molar-refractivity contribution is 5.73. The minimum Gasteiger partial charge on any atom is -0.475 e. The van der Waals surface area contributed by atoms with E-state index < -0.39 is 12.1 Å². The second-order valence-corrected chi connectivity index (χ2v) is 5.78. The maximum atomic E-state index is 13.1. The van der Waals surface area contributed by atoms with E-state index >= 15 is 0 Å². The fourth-order valence-electron chi connectivity index (χ4n) is 2.31. The maximum Gasteiger partial charge on any atom is 0.490 e. The van der Waals surface area contributed by atoms with Gasteiger partial charge in [-0.05, 0) is 48.0 Å². The number of carbonyl (C=O) groups is 1. The van der Waals surface area contributed by atoms with Gasteiger partial charge in [0.05, 0.1) is 23.0 Å². The number of hydrogen-bond acceptors (Lipinski definition) is 5. The number of nitriles is 1. The molecule has 154 valence electrons. The van der Waals surface area contributed by atoms with Gasteiger partial charge in [0.25, 0.3) is 0 Å². The first-order valence-electron chi connectivity index (χ1n) is 8.27. The Balaban J connectivity index is 0.000000396. The van der Waals surface area contributed by atoms with Gasteiger partial charge in [0.15, 0.2) is 0 Å². The number of pyridine rings is 2. The summed E-state index contributed by atoms with van der Waals surface area (Å²) in [5, 5.41) is 16.2. The quantitative estimate of drug-likeness (QED) is 0.624. The second-order valence-electron chi connectivity index (χ2n) is 5.78. The Morgan fingerprint density at radius 2 is 1.73 bits per heavy atom. The van der Waals surface area contributed by atoms with Crippen molar-refractivity contribution in [3.8, 4) is 28.6 Å². The van der Waals surface area contributed by atoms with Crippen LogP contribution in [0.3, 0.4) is 0 Å². The normalized spacial score (nSPS) is 10.5. The average Bonchev–Trinajstić information content (AvgIpc) is 2.73. The van der Waals surface area contributed by atoms with Crippen molar-refractivity contribution in [2.45, 2.75) is 12.7 Å². The van der Waals surface area contributed by atoms with Gasteiger partial charge in [-0.3, -0.25) is 9.97 Å². The molecule has 0 radical (unpaired) electrons. The van der Waals surface area contributed by atoms with E-state index in [1.54, 1.807) is 36.7 Å². The van der Waals surface area contributed by atoms with Crippen molar-refractivity contribution in [1.82, 2.24) is 9.97 Å². The fourth-order valence-corrected chi connectivity index (χ4v) is 2.31. The second kappa shape index (κ2) is 9.58. The molecule has 2 aromatic heterocycles. The van der Waals surface area contributed by atoms with Crippen LogP contribution in [0.25, 0.3) is 22.5 Å². The first-order chi connectivity index (χ1) is 14.2. The lowest BCUT2D eigenvalue weighted by Crippen LogP contribution is -2.21. The van der Waals surface area contributed by atoms with Crippen molar-refractivity contribution in [1.29, 1.82) is 5.26 Å². The molecule has 0 aliphatic rings. The lowest BCUT2D eigenvalue weighted by Gasteiger charge is -2.10. The van der Waals surface area contributed by atoms with Crippen LogP contribution < -0.4 is 5.73 Å². The van der Waals surface area contributed by atoms with Gasteiger partial charge in [0.2, 0.25) is 0 Å². The largest absolute Gasteiger partial charge is 0.490 e. The SMILES string of the molecule is N#Cc1ccnc(-c2cc(-c3ccc(F)cc3)ncc2CN)c1.O=C(O)C(F)(F)F.